The zero-order valence-corrected chi connectivity index (χ0v) is 16.4. The molecular formula is C23H27N3O2. The summed E-state index contributed by atoms with van der Waals surface area (Å²) in [6.45, 7) is 4.87. The Morgan fingerprint density at radius 1 is 1.14 bits per heavy atom. The van der Waals surface area contributed by atoms with E-state index in [9.17, 15) is 9.59 Å². The van der Waals surface area contributed by atoms with Gasteiger partial charge >= 0.3 is 0 Å². The van der Waals surface area contributed by atoms with Crippen LogP contribution in [0, 0.1) is 6.92 Å². The van der Waals surface area contributed by atoms with Gasteiger partial charge in [-0.2, -0.15) is 0 Å². The Labute approximate surface area is 166 Å². The van der Waals surface area contributed by atoms with E-state index in [4.69, 9.17) is 0 Å². The molecule has 0 spiro atoms. The maximum Gasteiger partial charge on any atom is 0.243 e. The number of carbonyl (C=O) groups is 2. The van der Waals surface area contributed by atoms with Gasteiger partial charge in [0.15, 0.2) is 0 Å². The number of rotatable bonds is 6. The third kappa shape index (κ3) is 4.03. The Hall–Kier alpha value is -2.82. The molecule has 1 atom stereocenters. The lowest BCUT2D eigenvalue weighted by atomic mass is 9.98. The van der Waals surface area contributed by atoms with Gasteiger partial charge in [0.05, 0.1) is 6.54 Å². The highest BCUT2D eigenvalue weighted by Gasteiger charge is 2.30. The van der Waals surface area contributed by atoms with E-state index < -0.39 is 0 Å². The number of hydrogen-bond acceptors (Lipinski definition) is 3. The van der Waals surface area contributed by atoms with Crippen LogP contribution in [0.25, 0.3) is 0 Å². The summed E-state index contributed by atoms with van der Waals surface area (Å²) in [5.74, 6) is 0.632. The van der Waals surface area contributed by atoms with Crippen LogP contribution in [0.2, 0.25) is 0 Å². The molecule has 28 heavy (non-hydrogen) atoms. The summed E-state index contributed by atoms with van der Waals surface area (Å²) in [6.07, 6.45) is 2.61. The predicted octanol–water partition coefficient (Wildman–Crippen LogP) is 3.55. The first-order valence-electron chi connectivity index (χ1n) is 10.1. The monoisotopic (exact) mass is 377 g/mol. The summed E-state index contributed by atoms with van der Waals surface area (Å²) in [7, 11) is 0. The molecule has 1 fully saturated rings. The molecular weight excluding hydrogens is 350 g/mol. The second-order valence-corrected chi connectivity index (χ2v) is 7.83. The Balaban J connectivity index is 1.40. The lowest BCUT2D eigenvalue weighted by Crippen LogP contribution is -2.33. The number of nitrogens with zero attached hydrogens (tertiary/aromatic N) is 2. The molecule has 2 aliphatic rings. The second kappa shape index (κ2) is 8.05. The lowest BCUT2D eigenvalue weighted by molar-refractivity contribution is -0.127. The molecule has 2 aromatic rings. The van der Waals surface area contributed by atoms with Gasteiger partial charge in [-0.05, 0) is 49.1 Å². The van der Waals surface area contributed by atoms with Gasteiger partial charge in [-0.25, -0.2) is 0 Å². The van der Waals surface area contributed by atoms with E-state index in [0.29, 0.717) is 18.9 Å². The SMILES string of the molecule is Cc1cccc(NC(=O)CN2CC(CCN3CCCC3=O)c3ccccc32)c1. The summed E-state index contributed by atoms with van der Waals surface area (Å²) < 4.78 is 0. The summed E-state index contributed by atoms with van der Waals surface area (Å²) in [5, 5.41) is 3.00. The summed E-state index contributed by atoms with van der Waals surface area (Å²) in [6, 6.07) is 16.2. The molecule has 146 valence electrons. The maximum atomic E-state index is 12.6. The normalized spacial score (nSPS) is 18.5. The average Bonchev–Trinajstić information content (AvgIpc) is 3.24. The van der Waals surface area contributed by atoms with Gasteiger partial charge in [0.2, 0.25) is 11.8 Å². The quantitative estimate of drug-likeness (QED) is 0.838. The summed E-state index contributed by atoms with van der Waals surface area (Å²) in [5.41, 5.74) is 4.39. The van der Waals surface area contributed by atoms with Gasteiger partial charge < -0.3 is 15.1 Å². The van der Waals surface area contributed by atoms with Crippen molar-refractivity contribution in [3.63, 3.8) is 0 Å². The number of benzene rings is 2. The third-order valence-electron chi connectivity index (χ3n) is 5.71. The van der Waals surface area contributed by atoms with Gasteiger partial charge in [0.25, 0.3) is 0 Å². The Bertz CT molecular complexity index is 880. The first kappa shape index (κ1) is 18.5. The minimum absolute atomic E-state index is 0.00391. The molecule has 0 aliphatic carbocycles. The van der Waals surface area contributed by atoms with Crippen LogP contribution in [0.15, 0.2) is 48.5 Å². The molecule has 4 rings (SSSR count). The number of fused-ring (bicyclic) bond motifs is 1. The molecule has 2 aromatic carbocycles. The minimum atomic E-state index is -0.00391. The smallest absolute Gasteiger partial charge is 0.243 e. The molecule has 0 saturated carbocycles. The fraction of sp³-hybridized carbons (Fsp3) is 0.391. The Morgan fingerprint density at radius 2 is 2.00 bits per heavy atom. The van der Waals surface area contributed by atoms with Gasteiger partial charge in [-0.3, -0.25) is 9.59 Å². The minimum Gasteiger partial charge on any atom is -0.361 e. The van der Waals surface area contributed by atoms with Crippen molar-refractivity contribution < 1.29 is 9.59 Å². The second-order valence-electron chi connectivity index (χ2n) is 7.83. The summed E-state index contributed by atoms with van der Waals surface area (Å²) in [4.78, 5) is 28.6. The van der Waals surface area contributed by atoms with E-state index in [2.05, 4.69) is 28.4 Å². The van der Waals surface area contributed by atoms with Crippen molar-refractivity contribution in [2.24, 2.45) is 0 Å². The topological polar surface area (TPSA) is 52.7 Å². The van der Waals surface area contributed by atoms with Gasteiger partial charge in [0, 0.05) is 43.3 Å². The van der Waals surface area contributed by atoms with Gasteiger partial charge in [-0.1, -0.05) is 30.3 Å². The van der Waals surface area contributed by atoms with Crippen LogP contribution >= 0.6 is 0 Å². The molecule has 1 unspecified atom stereocenters. The molecule has 5 heteroatoms. The number of nitrogens with one attached hydrogen (secondary N) is 1. The fourth-order valence-corrected chi connectivity index (χ4v) is 4.33. The lowest BCUT2D eigenvalue weighted by Gasteiger charge is -2.21. The molecule has 2 aliphatic heterocycles. The maximum absolute atomic E-state index is 12.6. The van der Waals surface area contributed by atoms with Crippen molar-refractivity contribution in [3.8, 4) is 0 Å². The van der Waals surface area contributed by atoms with Crippen LogP contribution in [0.4, 0.5) is 11.4 Å². The Kier molecular flexibility index (Phi) is 5.33. The van der Waals surface area contributed by atoms with E-state index in [-0.39, 0.29) is 11.8 Å². The van der Waals surface area contributed by atoms with Crippen LogP contribution in [0.3, 0.4) is 0 Å². The van der Waals surface area contributed by atoms with E-state index in [0.717, 1.165) is 49.4 Å². The molecule has 1 saturated heterocycles. The molecule has 1 N–H and O–H groups in total. The molecule has 2 amide bonds. The first-order valence-corrected chi connectivity index (χ1v) is 10.1. The first-order chi connectivity index (χ1) is 13.6. The number of para-hydroxylation sites is 1. The van der Waals surface area contributed by atoms with Crippen molar-refractivity contribution in [1.29, 1.82) is 0 Å². The highest BCUT2D eigenvalue weighted by Crippen LogP contribution is 2.38. The highest BCUT2D eigenvalue weighted by molar-refractivity contribution is 5.94. The highest BCUT2D eigenvalue weighted by atomic mass is 16.2. The Morgan fingerprint density at radius 3 is 2.79 bits per heavy atom. The van der Waals surface area contributed by atoms with Crippen LogP contribution < -0.4 is 10.2 Å². The van der Waals surface area contributed by atoms with Gasteiger partial charge in [-0.15, -0.1) is 0 Å². The number of hydrogen-bond donors (Lipinski definition) is 1. The van der Waals surface area contributed by atoms with Crippen molar-refractivity contribution in [2.75, 3.05) is 36.4 Å². The predicted molar refractivity (Wildman–Crippen MR) is 112 cm³/mol. The van der Waals surface area contributed by atoms with E-state index in [1.54, 1.807) is 0 Å². The molecule has 5 nitrogen and oxygen atoms in total. The molecule has 0 aromatic heterocycles. The van der Waals surface area contributed by atoms with E-state index in [1.807, 2.05) is 42.2 Å². The zero-order valence-electron chi connectivity index (χ0n) is 16.4. The molecule has 0 bridgehead atoms. The average molecular weight is 377 g/mol. The van der Waals surface area contributed by atoms with Crippen LogP contribution in [0.5, 0.6) is 0 Å². The van der Waals surface area contributed by atoms with E-state index >= 15 is 0 Å². The third-order valence-corrected chi connectivity index (χ3v) is 5.71. The molecule has 2 heterocycles. The number of amides is 2. The largest absolute Gasteiger partial charge is 0.361 e. The standard InChI is InChI=1S/C23H27N3O2/c1-17-6-4-7-19(14-17)24-22(27)16-26-15-18(20-8-2-3-9-21(20)26)11-13-25-12-5-10-23(25)28/h2-4,6-9,14,18H,5,10-13,15-16H2,1H3,(H,24,27). The van der Waals surface area contributed by atoms with Crippen LogP contribution in [0.1, 0.15) is 36.3 Å². The number of likely N-dealkylation sites (tertiary alicyclic amines) is 1. The zero-order chi connectivity index (χ0) is 19.5. The van der Waals surface area contributed by atoms with Gasteiger partial charge in [0.1, 0.15) is 0 Å². The van der Waals surface area contributed by atoms with Crippen molar-refractivity contribution >= 4 is 23.2 Å². The number of anilines is 2. The number of aryl methyl sites for hydroxylation is 1. The number of carbonyl (C=O) groups excluding carboxylic acids is 2. The van der Waals surface area contributed by atoms with Crippen molar-refractivity contribution in [3.05, 3.63) is 59.7 Å². The van der Waals surface area contributed by atoms with Crippen molar-refractivity contribution in [2.45, 2.75) is 32.1 Å². The van der Waals surface area contributed by atoms with Crippen LogP contribution in [-0.4, -0.2) is 42.9 Å². The fourth-order valence-electron chi connectivity index (χ4n) is 4.33. The van der Waals surface area contributed by atoms with E-state index in [1.165, 1.54) is 5.56 Å². The van der Waals surface area contributed by atoms with Crippen molar-refractivity contribution in [1.82, 2.24) is 4.90 Å². The summed E-state index contributed by atoms with van der Waals surface area (Å²) >= 11 is 0. The van der Waals surface area contributed by atoms with Crippen LogP contribution in [-0.2, 0) is 9.59 Å². The molecule has 0 radical (unpaired) electrons.